The summed E-state index contributed by atoms with van der Waals surface area (Å²) in [5, 5.41) is 15.5. The maximum atomic E-state index is 11.5. The number of hydrogen-bond acceptors (Lipinski definition) is 5. The lowest BCUT2D eigenvalue weighted by Gasteiger charge is -2.25. The van der Waals surface area contributed by atoms with Gasteiger partial charge in [0.1, 0.15) is 0 Å². The zero-order valence-electron chi connectivity index (χ0n) is 13.2. The summed E-state index contributed by atoms with van der Waals surface area (Å²) in [7, 11) is 3.84. The van der Waals surface area contributed by atoms with Crippen LogP contribution < -0.4 is 0 Å². The molecule has 0 aliphatic carbocycles. The maximum absolute atomic E-state index is 11.5. The Kier molecular flexibility index (Phi) is 4.23. The summed E-state index contributed by atoms with van der Waals surface area (Å²) in [6.07, 6.45) is 0. The van der Waals surface area contributed by atoms with E-state index in [1.165, 1.54) is 0 Å². The standard InChI is InChI=1S/C18H19N3O2/c1-21(2)13-16-19-17(20-23-16)18(22,14-9-5-3-6-10-14)15-11-7-4-8-12-15/h3-12,22H,13H2,1-2H3. The summed E-state index contributed by atoms with van der Waals surface area (Å²) < 4.78 is 5.30. The maximum Gasteiger partial charge on any atom is 0.240 e. The Hall–Kier alpha value is -2.50. The lowest BCUT2D eigenvalue weighted by Crippen LogP contribution is -2.30. The quantitative estimate of drug-likeness (QED) is 0.784. The van der Waals surface area contributed by atoms with Crippen molar-refractivity contribution in [3.05, 3.63) is 83.5 Å². The van der Waals surface area contributed by atoms with Crippen LogP contribution in [-0.4, -0.2) is 34.2 Å². The Balaban J connectivity index is 2.11. The van der Waals surface area contributed by atoms with Crippen molar-refractivity contribution in [2.45, 2.75) is 12.1 Å². The van der Waals surface area contributed by atoms with E-state index in [2.05, 4.69) is 10.1 Å². The van der Waals surface area contributed by atoms with Gasteiger partial charge in [-0.05, 0) is 25.2 Å². The molecule has 0 saturated heterocycles. The molecule has 0 saturated carbocycles. The van der Waals surface area contributed by atoms with Crippen molar-refractivity contribution in [1.82, 2.24) is 15.0 Å². The molecule has 1 N–H and O–H groups in total. The van der Waals surface area contributed by atoms with Gasteiger partial charge >= 0.3 is 0 Å². The first-order valence-corrected chi connectivity index (χ1v) is 7.42. The van der Waals surface area contributed by atoms with Crippen molar-refractivity contribution >= 4 is 0 Å². The number of benzene rings is 2. The minimum atomic E-state index is -1.45. The molecular formula is C18H19N3O2. The van der Waals surface area contributed by atoms with E-state index in [0.717, 1.165) is 0 Å². The first-order valence-electron chi connectivity index (χ1n) is 7.42. The minimum absolute atomic E-state index is 0.242. The molecule has 0 fully saturated rings. The van der Waals surface area contributed by atoms with E-state index in [9.17, 15) is 5.11 Å². The van der Waals surface area contributed by atoms with E-state index >= 15 is 0 Å². The van der Waals surface area contributed by atoms with Crippen molar-refractivity contribution in [2.75, 3.05) is 14.1 Å². The fourth-order valence-corrected chi connectivity index (χ4v) is 2.52. The molecule has 1 aromatic heterocycles. The lowest BCUT2D eigenvalue weighted by molar-refractivity contribution is 0.112. The second kappa shape index (κ2) is 6.32. The molecule has 0 unspecified atom stereocenters. The Labute approximate surface area is 135 Å². The highest BCUT2D eigenvalue weighted by atomic mass is 16.5. The van der Waals surface area contributed by atoms with Gasteiger partial charge in [0.25, 0.3) is 0 Å². The van der Waals surface area contributed by atoms with Crippen LogP contribution in [0.3, 0.4) is 0 Å². The zero-order chi connectivity index (χ0) is 16.3. The molecule has 3 aromatic rings. The van der Waals surface area contributed by atoms with Crippen LogP contribution in [0.25, 0.3) is 0 Å². The van der Waals surface area contributed by atoms with Gasteiger partial charge in [-0.1, -0.05) is 65.8 Å². The molecule has 0 amide bonds. The molecule has 0 radical (unpaired) electrons. The largest absolute Gasteiger partial charge is 0.373 e. The van der Waals surface area contributed by atoms with Crippen molar-refractivity contribution in [3.63, 3.8) is 0 Å². The number of aromatic nitrogens is 2. The smallest absolute Gasteiger partial charge is 0.240 e. The Morgan fingerprint density at radius 3 is 1.96 bits per heavy atom. The Morgan fingerprint density at radius 1 is 0.957 bits per heavy atom. The van der Waals surface area contributed by atoms with E-state index in [1.54, 1.807) is 0 Å². The first kappa shape index (κ1) is 15.4. The fourth-order valence-electron chi connectivity index (χ4n) is 2.52. The van der Waals surface area contributed by atoms with E-state index in [1.807, 2.05) is 79.7 Å². The normalized spacial score (nSPS) is 11.8. The van der Waals surface area contributed by atoms with E-state index in [-0.39, 0.29) is 5.82 Å². The third kappa shape index (κ3) is 3.02. The van der Waals surface area contributed by atoms with Gasteiger partial charge in [-0.25, -0.2) is 0 Å². The van der Waals surface area contributed by atoms with Crippen LogP contribution in [0.1, 0.15) is 22.8 Å². The first-order chi connectivity index (χ1) is 11.1. The van der Waals surface area contributed by atoms with Crippen LogP contribution in [0.2, 0.25) is 0 Å². The number of rotatable bonds is 5. The monoisotopic (exact) mass is 309 g/mol. The van der Waals surface area contributed by atoms with Crippen LogP contribution in [-0.2, 0) is 12.1 Å². The Bertz CT molecular complexity index is 715. The molecule has 0 aliphatic heterocycles. The van der Waals surface area contributed by atoms with E-state index in [0.29, 0.717) is 23.6 Å². The predicted molar refractivity (Wildman–Crippen MR) is 86.7 cm³/mol. The van der Waals surface area contributed by atoms with E-state index < -0.39 is 5.60 Å². The molecule has 0 aliphatic rings. The van der Waals surface area contributed by atoms with Crippen LogP contribution >= 0.6 is 0 Å². The highest BCUT2D eigenvalue weighted by Crippen LogP contribution is 2.34. The molecule has 3 rings (SSSR count). The molecule has 2 aromatic carbocycles. The summed E-state index contributed by atoms with van der Waals surface area (Å²) >= 11 is 0. The molecule has 0 atom stereocenters. The number of aliphatic hydroxyl groups is 1. The predicted octanol–water partition coefficient (Wildman–Crippen LogP) is 2.42. The number of nitrogens with zero attached hydrogens (tertiary/aromatic N) is 3. The van der Waals surface area contributed by atoms with Crippen LogP contribution in [0.4, 0.5) is 0 Å². The van der Waals surface area contributed by atoms with Crippen molar-refractivity contribution in [3.8, 4) is 0 Å². The molecule has 5 heteroatoms. The Morgan fingerprint density at radius 2 is 1.48 bits per heavy atom. The summed E-state index contributed by atoms with van der Waals surface area (Å²) in [4.78, 5) is 6.34. The summed E-state index contributed by atoms with van der Waals surface area (Å²) in [6, 6.07) is 18.8. The van der Waals surface area contributed by atoms with Gasteiger partial charge in [-0.3, -0.25) is 0 Å². The average molecular weight is 309 g/mol. The summed E-state index contributed by atoms with van der Waals surface area (Å²) in [5.74, 6) is 0.710. The zero-order valence-corrected chi connectivity index (χ0v) is 13.2. The molecular weight excluding hydrogens is 290 g/mol. The molecule has 23 heavy (non-hydrogen) atoms. The minimum Gasteiger partial charge on any atom is -0.373 e. The van der Waals surface area contributed by atoms with Crippen molar-refractivity contribution in [2.24, 2.45) is 0 Å². The van der Waals surface area contributed by atoms with Crippen LogP contribution in [0.5, 0.6) is 0 Å². The third-order valence-corrected chi connectivity index (χ3v) is 3.63. The van der Waals surface area contributed by atoms with Gasteiger partial charge < -0.3 is 14.5 Å². The lowest BCUT2D eigenvalue weighted by atomic mass is 9.85. The van der Waals surface area contributed by atoms with Gasteiger partial charge in [0.2, 0.25) is 11.7 Å². The molecule has 118 valence electrons. The molecule has 0 bridgehead atoms. The topological polar surface area (TPSA) is 62.4 Å². The van der Waals surface area contributed by atoms with Gasteiger partial charge in [0.15, 0.2) is 5.60 Å². The third-order valence-electron chi connectivity index (χ3n) is 3.63. The average Bonchev–Trinajstić information content (AvgIpc) is 3.04. The molecule has 0 spiro atoms. The van der Waals surface area contributed by atoms with Crippen molar-refractivity contribution in [1.29, 1.82) is 0 Å². The summed E-state index contributed by atoms with van der Waals surface area (Å²) in [5.41, 5.74) is -0.0526. The van der Waals surface area contributed by atoms with Crippen LogP contribution in [0.15, 0.2) is 65.2 Å². The highest BCUT2D eigenvalue weighted by molar-refractivity contribution is 5.41. The van der Waals surface area contributed by atoms with Gasteiger partial charge in [-0.2, -0.15) is 4.98 Å². The second-order valence-corrected chi connectivity index (χ2v) is 5.69. The SMILES string of the molecule is CN(C)Cc1nc(C(O)(c2ccccc2)c2ccccc2)no1. The second-order valence-electron chi connectivity index (χ2n) is 5.69. The van der Waals surface area contributed by atoms with E-state index in [4.69, 9.17) is 4.52 Å². The highest BCUT2D eigenvalue weighted by Gasteiger charge is 2.38. The molecule has 5 nitrogen and oxygen atoms in total. The fraction of sp³-hybridized carbons (Fsp3) is 0.222. The van der Waals surface area contributed by atoms with Crippen molar-refractivity contribution < 1.29 is 9.63 Å². The van der Waals surface area contributed by atoms with Crippen LogP contribution in [0, 0.1) is 0 Å². The summed E-state index contributed by atoms with van der Waals surface area (Å²) in [6.45, 7) is 0.520. The number of hydrogen-bond donors (Lipinski definition) is 1. The van der Waals surface area contributed by atoms with Gasteiger partial charge in [0.05, 0.1) is 6.54 Å². The molecule has 1 heterocycles. The van der Waals surface area contributed by atoms with Gasteiger partial charge in [0, 0.05) is 0 Å². The van der Waals surface area contributed by atoms with Gasteiger partial charge in [-0.15, -0.1) is 0 Å².